The Labute approximate surface area is 161 Å². The number of para-hydroxylation sites is 1. The predicted octanol–water partition coefficient (Wildman–Crippen LogP) is 3.92. The number of hydrogen-bond acceptors (Lipinski definition) is 5. The maximum Gasteiger partial charge on any atom is 0.297 e. The molecule has 2 saturated heterocycles. The lowest BCUT2D eigenvalue weighted by Gasteiger charge is -2.48. The highest BCUT2D eigenvalue weighted by molar-refractivity contribution is 5.37. The van der Waals surface area contributed by atoms with Gasteiger partial charge in [-0.05, 0) is 62.7 Å². The molecule has 0 amide bonds. The maximum absolute atomic E-state index is 5.58. The van der Waals surface area contributed by atoms with Gasteiger partial charge in [0.2, 0.25) is 0 Å². The van der Waals surface area contributed by atoms with Gasteiger partial charge in [0.25, 0.3) is 6.01 Å². The van der Waals surface area contributed by atoms with E-state index >= 15 is 0 Å². The highest BCUT2D eigenvalue weighted by Gasteiger charge is 2.50. The Morgan fingerprint density at radius 1 is 1.15 bits per heavy atom. The van der Waals surface area contributed by atoms with Crippen LogP contribution in [-0.2, 0) is 0 Å². The van der Waals surface area contributed by atoms with Crippen molar-refractivity contribution in [1.82, 2.24) is 9.88 Å². The van der Waals surface area contributed by atoms with Gasteiger partial charge < -0.3 is 19.0 Å². The van der Waals surface area contributed by atoms with E-state index in [1.807, 2.05) is 0 Å². The van der Waals surface area contributed by atoms with Crippen LogP contribution in [0.4, 0.5) is 6.01 Å². The summed E-state index contributed by atoms with van der Waals surface area (Å²) in [6.45, 7) is 4.66. The SMILES string of the molecule is COc1ccccc1C1CCN([C@H]2CCC3(C2)CN(c2ncco2)C3)CC1. The van der Waals surface area contributed by atoms with Crippen LogP contribution in [0, 0.1) is 5.41 Å². The lowest BCUT2D eigenvalue weighted by atomic mass is 9.78. The predicted molar refractivity (Wildman–Crippen MR) is 105 cm³/mol. The number of rotatable bonds is 4. The highest BCUT2D eigenvalue weighted by Crippen LogP contribution is 2.49. The Bertz CT molecular complexity index is 762. The van der Waals surface area contributed by atoms with E-state index in [1.165, 1.54) is 50.8 Å². The molecule has 1 spiro atoms. The summed E-state index contributed by atoms with van der Waals surface area (Å²) >= 11 is 0. The van der Waals surface area contributed by atoms with E-state index in [-0.39, 0.29) is 0 Å². The Morgan fingerprint density at radius 2 is 1.96 bits per heavy atom. The second-order valence-electron chi connectivity index (χ2n) is 8.62. The molecule has 3 aliphatic rings. The maximum atomic E-state index is 5.58. The van der Waals surface area contributed by atoms with Crippen LogP contribution in [0.5, 0.6) is 5.75 Å². The second-order valence-corrected chi connectivity index (χ2v) is 8.62. The first-order valence-corrected chi connectivity index (χ1v) is 10.3. The fourth-order valence-electron chi connectivity index (χ4n) is 5.63. The van der Waals surface area contributed by atoms with Crippen molar-refractivity contribution in [3.05, 3.63) is 42.3 Å². The van der Waals surface area contributed by atoms with Crippen LogP contribution in [-0.4, -0.2) is 49.2 Å². The number of methoxy groups -OCH3 is 1. The summed E-state index contributed by atoms with van der Waals surface area (Å²) in [6, 6.07) is 10.1. The zero-order chi connectivity index (χ0) is 18.3. The summed E-state index contributed by atoms with van der Waals surface area (Å²) in [5.41, 5.74) is 1.89. The zero-order valence-corrected chi connectivity index (χ0v) is 16.1. The third-order valence-electron chi connectivity index (χ3n) is 7.04. The molecule has 0 radical (unpaired) electrons. The summed E-state index contributed by atoms with van der Waals surface area (Å²) in [6.07, 6.45) is 9.93. The molecule has 5 rings (SSSR count). The molecule has 1 aromatic heterocycles. The number of piperidine rings is 1. The quantitative estimate of drug-likeness (QED) is 0.819. The van der Waals surface area contributed by atoms with E-state index in [0.29, 0.717) is 11.3 Å². The molecule has 1 aliphatic carbocycles. The standard InChI is InChI=1S/C22H29N3O2/c1-26-20-5-3-2-4-19(20)17-7-11-24(12-8-17)18-6-9-22(14-18)15-25(16-22)21-23-10-13-27-21/h2-5,10,13,17-18H,6-9,11-12,14-16H2,1H3/t18-/m0/s1. The summed E-state index contributed by atoms with van der Waals surface area (Å²) in [7, 11) is 1.78. The van der Waals surface area contributed by atoms with Crippen molar-refractivity contribution in [3.63, 3.8) is 0 Å². The minimum Gasteiger partial charge on any atom is -0.496 e. The molecule has 5 nitrogen and oxygen atoms in total. The number of aromatic nitrogens is 1. The Hall–Kier alpha value is -2.01. The first-order valence-electron chi connectivity index (χ1n) is 10.3. The fourth-order valence-corrected chi connectivity index (χ4v) is 5.63. The van der Waals surface area contributed by atoms with Gasteiger partial charge in [-0.15, -0.1) is 0 Å². The summed E-state index contributed by atoms with van der Waals surface area (Å²) in [5.74, 6) is 1.69. The molecule has 2 aliphatic heterocycles. The van der Waals surface area contributed by atoms with Gasteiger partial charge in [-0.3, -0.25) is 0 Å². The fraction of sp³-hybridized carbons (Fsp3) is 0.591. The molecule has 3 heterocycles. The van der Waals surface area contributed by atoms with Crippen molar-refractivity contribution >= 4 is 6.01 Å². The zero-order valence-electron chi connectivity index (χ0n) is 16.1. The first kappa shape index (κ1) is 17.1. The number of anilines is 1. The van der Waals surface area contributed by atoms with E-state index in [1.54, 1.807) is 19.6 Å². The molecule has 27 heavy (non-hydrogen) atoms. The monoisotopic (exact) mass is 367 g/mol. The largest absolute Gasteiger partial charge is 0.496 e. The summed E-state index contributed by atoms with van der Waals surface area (Å²) in [5, 5.41) is 0. The molecule has 0 unspecified atom stereocenters. The van der Waals surface area contributed by atoms with Gasteiger partial charge in [-0.2, -0.15) is 0 Å². The minimum atomic E-state index is 0.499. The lowest BCUT2D eigenvalue weighted by Crippen LogP contribution is -2.56. The average Bonchev–Trinajstić information content (AvgIpc) is 3.37. The minimum absolute atomic E-state index is 0.499. The van der Waals surface area contributed by atoms with Gasteiger partial charge in [0.05, 0.1) is 13.3 Å². The smallest absolute Gasteiger partial charge is 0.297 e. The number of benzene rings is 1. The number of ether oxygens (including phenoxy) is 1. The Balaban J connectivity index is 1.16. The molecule has 0 N–H and O–H groups in total. The van der Waals surface area contributed by atoms with Crippen LogP contribution >= 0.6 is 0 Å². The molecule has 1 saturated carbocycles. The van der Waals surface area contributed by atoms with E-state index in [2.05, 4.69) is 39.0 Å². The molecular formula is C22H29N3O2. The lowest BCUT2D eigenvalue weighted by molar-refractivity contribution is 0.130. The van der Waals surface area contributed by atoms with Crippen molar-refractivity contribution < 1.29 is 9.15 Å². The molecular weight excluding hydrogens is 338 g/mol. The molecule has 1 atom stereocenters. The molecule has 2 aromatic rings. The average molecular weight is 367 g/mol. The number of hydrogen-bond donors (Lipinski definition) is 0. The van der Waals surface area contributed by atoms with Crippen LogP contribution in [0.3, 0.4) is 0 Å². The van der Waals surface area contributed by atoms with Gasteiger partial charge in [-0.1, -0.05) is 18.2 Å². The Kier molecular flexibility index (Phi) is 4.35. The number of oxazole rings is 1. The number of likely N-dealkylation sites (tertiary alicyclic amines) is 1. The van der Waals surface area contributed by atoms with Crippen LogP contribution in [0.15, 0.2) is 41.1 Å². The molecule has 144 valence electrons. The van der Waals surface area contributed by atoms with E-state index in [4.69, 9.17) is 9.15 Å². The van der Waals surface area contributed by atoms with Crippen LogP contribution in [0.25, 0.3) is 0 Å². The molecule has 1 aromatic carbocycles. The summed E-state index contributed by atoms with van der Waals surface area (Å²) < 4.78 is 11.0. The van der Waals surface area contributed by atoms with Gasteiger partial charge >= 0.3 is 0 Å². The van der Waals surface area contributed by atoms with Gasteiger partial charge in [0, 0.05) is 24.5 Å². The molecule has 3 fully saturated rings. The third-order valence-corrected chi connectivity index (χ3v) is 7.04. The van der Waals surface area contributed by atoms with E-state index in [9.17, 15) is 0 Å². The van der Waals surface area contributed by atoms with Crippen molar-refractivity contribution in [3.8, 4) is 5.75 Å². The van der Waals surface area contributed by atoms with E-state index in [0.717, 1.165) is 30.9 Å². The van der Waals surface area contributed by atoms with Crippen LogP contribution in [0.1, 0.15) is 43.6 Å². The Morgan fingerprint density at radius 3 is 2.70 bits per heavy atom. The van der Waals surface area contributed by atoms with Gasteiger partial charge in [-0.25, -0.2) is 4.98 Å². The van der Waals surface area contributed by atoms with Crippen LogP contribution < -0.4 is 9.64 Å². The molecule has 5 heteroatoms. The van der Waals surface area contributed by atoms with E-state index < -0.39 is 0 Å². The first-order chi connectivity index (χ1) is 13.3. The molecule has 0 bridgehead atoms. The highest BCUT2D eigenvalue weighted by atomic mass is 16.5. The van der Waals surface area contributed by atoms with Gasteiger partial charge in [0.1, 0.15) is 12.0 Å². The van der Waals surface area contributed by atoms with Gasteiger partial charge in [0.15, 0.2) is 0 Å². The van der Waals surface area contributed by atoms with Crippen molar-refractivity contribution in [1.29, 1.82) is 0 Å². The van der Waals surface area contributed by atoms with Crippen molar-refractivity contribution in [2.45, 2.75) is 44.1 Å². The van der Waals surface area contributed by atoms with Crippen LogP contribution in [0.2, 0.25) is 0 Å². The normalized spacial score (nSPS) is 25.7. The second kappa shape index (κ2) is 6.86. The number of nitrogens with zero attached hydrogens (tertiary/aromatic N) is 3. The topological polar surface area (TPSA) is 41.7 Å². The third kappa shape index (κ3) is 3.12. The summed E-state index contributed by atoms with van der Waals surface area (Å²) in [4.78, 5) is 9.34. The van der Waals surface area contributed by atoms with Crippen molar-refractivity contribution in [2.75, 3.05) is 38.2 Å². The van der Waals surface area contributed by atoms with Crippen molar-refractivity contribution in [2.24, 2.45) is 5.41 Å².